The minimum Gasteiger partial charge on any atom is -0.478 e. The Kier molecular flexibility index (Phi) is 3.00. The molecule has 0 unspecified atom stereocenters. The van der Waals surface area contributed by atoms with Gasteiger partial charge in [0.2, 0.25) is 5.89 Å². The average molecular weight is 248 g/mol. The number of carboxylic acids is 1. The highest BCUT2D eigenvalue weighted by Gasteiger charge is 2.14. The van der Waals surface area contributed by atoms with Gasteiger partial charge < -0.3 is 14.9 Å². The zero-order valence-electron chi connectivity index (χ0n) is 9.25. The lowest BCUT2D eigenvalue weighted by Gasteiger charge is -2.02. The Bertz CT molecular complexity index is 607. The number of carbonyl (C=O) groups is 2. The number of anilines is 1. The normalized spacial score (nSPS) is 10.1. The van der Waals surface area contributed by atoms with Gasteiger partial charge in [-0.15, -0.1) is 0 Å². The first kappa shape index (κ1) is 11.7. The molecule has 2 heterocycles. The van der Waals surface area contributed by atoms with Crippen molar-refractivity contribution in [2.75, 3.05) is 5.32 Å². The van der Waals surface area contributed by atoms with E-state index in [0.717, 1.165) is 0 Å². The summed E-state index contributed by atoms with van der Waals surface area (Å²) in [6.45, 7) is 1.55. The number of aryl methyl sites for hydroxylation is 1. The SMILES string of the molecule is Cc1nc(C(=O)Nc2cncc(C(=O)O)c2)no1. The molecular weight excluding hydrogens is 240 g/mol. The molecule has 0 saturated carbocycles. The van der Waals surface area contributed by atoms with E-state index >= 15 is 0 Å². The molecule has 0 bridgehead atoms. The van der Waals surface area contributed by atoms with Crippen molar-refractivity contribution in [2.45, 2.75) is 6.92 Å². The summed E-state index contributed by atoms with van der Waals surface area (Å²) in [6, 6.07) is 1.28. The second-order valence-corrected chi connectivity index (χ2v) is 3.36. The summed E-state index contributed by atoms with van der Waals surface area (Å²) < 4.78 is 4.65. The fraction of sp³-hybridized carbons (Fsp3) is 0.100. The molecule has 2 aromatic heterocycles. The minimum atomic E-state index is -1.13. The van der Waals surface area contributed by atoms with Gasteiger partial charge in [-0.25, -0.2) is 4.79 Å². The lowest BCUT2D eigenvalue weighted by Crippen LogP contribution is -2.14. The number of hydrogen-bond acceptors (Lipinski definition) is 6. The standard InChI is InChI=1S/C10H8N4O4/c1-5-12-8(14-18-5)9(15)13-7-2-6(10(16)17)3-11-4-7/h2-4H,1H3,(H,13,15)(H,16,17). The van der Waals surface area contributed by atoms with Crippen LogP contribution in [0.25, 0.3) is 0 Å². The molecule has 0 aliphatic heterocycles. The van der Waals surface area contributed by atoms with Crippen LogP contribution in [-0.4, -0.2) is 32.1 Å². The monoisotopic (exact) mass is 248 g/mol. The topological polar surface area (TPSA) is 118 Å². The van der Waals surface area contributed by atoms with Crippen molar-refractivity contribution in [3.8, 4) is 0 Å². The fourth-order valence-corrected chi connectivity index (χ4v) is 1.20. The Labute approximate surface area is 101 Å². The molecule has 18 heavy (non-hydrogen) atoms. The highest BCUT2D eigenvalue weighted by Crippen LogP contribution is 2.09. The Morgan fingerprint density at radius 3 is 2.78 bits per heavy atom. The van der Waals surface area contributed by atoms with Gasteiger partial charge in [0.1, 0.15) is 0 Å². The molecule has 0 aliphatic carbocycles. The van der Waals surface area contributed by atoms with Gasteiger partial charge in [-0.1, -0.05) is 5.16 Å². The van der Waals surface area contributed by atoms with E-state index in [1.807, 2.05) is 0 Å². The van der Waals surface area contributed by atoms with Crippen molar-refractivity contribution in [1.29, 1.82) is 0 Å². The summed E-state index contributed by atoms with van der Waals surface area (Å²) in [4.78, 5) is 29.8. The maximum atomic E-state index is 11.6. The first-order valence-corrected chi connectivity index (χ1v) is 4.86. The second kappa shape index (κ2) is 4.62. The van der Waals surface area contributed by atoms with Crippen LogP contribution in [0.15, 0.2) is 23.0 Å². The van der Waals surface area contributed by atoms with Crippen LogP contribution in [-0.2, 0) is 0 Å². The van der Waals surface area contributed by atoms with Crippen LogP contribution in [0, 0.1) is 6.92 Å². The molecule has 0 saturated heterocycles. The third-order valence-electron chi connectivity index (χ3n) is 1.97. The summed E-state index contributed by atoms with van der Waals surface area (Å²) >= 11 is 0. The highest BCUT2D eigenvalue weighted by atomic mass is 16.5. The molecule has 0 aromatic carbocycles. The minimum absolute atomic E-state index is 0.0305. The van der Waals surface area contributed by atoms with Crippen LogP contribution >= 0.6 is 0 Å². The predicted octanol–water partition coefficient (Wildman–Crippen LogP) is 0.724. The Morgan fingerprint density at radius 2 is 2.17 bits per heavy atom. The van der Waals surface area contributed by atoms with Gasteiger partial charge in [-0.05, 0) is 6.07 Å². The zero-order chi connectivity index (χ0) is 13.1. The molecule has 0 atom stereocenters. The first-order valence-electron chi connectivity index (χ1n) is 4.86. The van der Waals surface area contributed by atoms with Gasteiger partial charge in [-0.2, -0.15) is 4.98 Å². The summed E-state index contributed by atoms with van der Waals surface area (Å²) in [6.07, 6.45) is 2.49. The van der Waals surface area contributed by atoms with E-state index in [4.69, 9.17) is 5.11 Å². The zero-order valence-corrected chi connectivity index (χ0v) is 9.25. The number of nitrogens with one attached hydrogen (secondary N) is 1. The van der Waals surface area contributed by atoms with Gasteiger partial charge in [0, 0.05) is 13.1 Å². The smallest absolute Gasteiger partial charge is 0.337 e. The molecule has 0 spiro atoms. The van der Waals surface area contributed by atoms with E-state index in [-0.39, 0.29) is 23.0 Å². The number of amides is 1. The number of rotatable bonds is 3. The summed E-state index contributed by atoms with van der Waals surface area (Å²) in [5, 5.41) is 14.6. The van der Waals surface area contributed by atoms with E-state index in [1.165, 1.54) is 18.5 Å². The number of nitrogens with zero attached hydrogens (tertiary/aromatic N) is 3. The third-order valence-corrected chi connectivity index (χ3v) is 1.97. The van der Waals surface area contributed by atoms with Crippen molar-refractivity contribution in [3.05, 3.63) is 35.7 Å². The van der Waals surface area contributed by atoms with Crippen LogP contribution < -0.4 is 5.32 Å². The summed E-state index contributed by atoms with van der Waals surface area (Å²) in [7, 11) is 0. The Balaban J connectivity index is 2.16. The van der Waals surface area contributed by atoms with E-state index in [0.29, 0.717) is 0 Å². The highest BCUT2D eigenvalue weighted by molar-refractivity contribution is 6.01. The van der Waals surface area contributed by atoms with Crippen LogP contribution in [0.3, 0.4) is 0 Å². The third kappa shape index (κ3) is 2.48. The van der Waals surface area contributed by atoms with E-state index < -0.39 is 11.9 Å². The molecular formula is C10H8N4O4. The lowest BCUT2D eigenvalue weighted by molar-refractivity contribution is 0.0696. The molecule has 1 amide bonds. The van der Waals surface area contributed by atoms with Gasteiger partial charge in [-0.3, -0.25) is 9.78 Å². The van der Waals surface area contributed by atoms with Crippen LogP contribution in [0.4, 0.5) is 5.69 Å². The molecule has 92 valence electrons. The van der Waals surface area contributed by atoms with Crippen molar-refractivity contribution in [3.63, 3.8) is 0 Å². The number of hydrogen-bond donors (Lipinski definition) is 2. The largest absolute Gasteiger partial charge is 0.478 e. The average Bonchev–Trinajstić information content (AvgIpc) is 2.76. The summed E-state index contributed by atoms with van der Waals surface area (Å²) in [5.74, 6) is -1.60. The molecule has 8 nitrogen and oxygen atoms in total. The number of carboxylic acid groups (broad SMARTS) is 1. The Hall–Kier alpha value is -2.77. The molecule has 2 rings (SSSR count). The Morgan fingerprint density at radius 1 is 1.39 bits per heavy atom. The molecule has 0 radical (unpaired) electrons. The fourth-order valence-electron chi connectivity index (χ4n) is 1.20. The van der Waals surface area contributed by atoms with Crippen molar-refractivity contribution in [2.24, 2.45) is 0 Å². The van der Waals surface area contributed by atoms with Gasteiger partial charge in [0.05, 0.1) is 17.4 Å². The first-order chi connectivity index (χ1) is 8.56. The van der Waals surface area contributed by atoms with Crippen molar-refractivity contribution >= 4 is 17.6 Å². The van der Waals surface area contributed by atoms with E-state index in [2.05, 4.69) is 25.0 Å². The predicted molar refractivity (Wildman–Crippen MR) is 58.2 cm³/mol. The number of aromatic carboxylic acids is 1. The van der Waals surface area contributed by atoms with Crippen LogP contribution in [0.1, 0.15) is 26.9 Å². The van der Waals surface area contributed by atoms with Gasteiger partial charge >= 0.3 is 5.97 Å². The van der Waals surface area contributed by atoms with Crippen LogP contribution in [0.2, 0.25) is 0 Å². The van der Waals surface area contributed by atoms with Crippen LogP contribution in [0.5, 0.6) is 0 Å². The van der Waals surface area contributed by atoms with Crippen molar-refractivity contribution < 1.29 is 19.2 Å². The molecule has 2 aromatic rings. The van der Waals surface area contributed by atoms with Gasteiger partial charge in [0.25, 0.3) is 11.7 Å². The van der Waals surface area contributed by atoms with Gasteiger partial charge in [0.15, 0.2) is 0 Å². The molecule has 0 fully saturated rings. The number of carbonyl (C=O) groups excluding carboxylic acids is 1. The van der Waals surface area contributed by atoms with E-state index in [1.54, 1.807) is 6.92 Å². The number of pyridine rings is 1. The lowest BCUT2D eigenvalue weighted by atomic mass is 10.2. The molecule has 8 heteroatoms. The maximum Gasteiger partial charge on any atom is 0.337 e. The maximum absolute atomic E-state index is 11.6. The molecule has 2 N–H and O–H groups in total. The van der Waals surface area contributed by atoms with E-state index in [9.17, 15) is 9.59 Å². The van der Waals surface area contributed by atoms with Crippen molar-refractivity contribution in [1.82, 2.24) is 15.1 Å². The summed E-state index contributed by atoms with van der Waals surface area (Å²) in [5.41, 5.74) is 0.208. The molecule has 0 aliphatic rings. The quantitative estimate of drug-likeness (QED) is 0.821. The second-order valence-electron chi connectivity index (χ2n) is 3.36. The number of aromatic nitrogens is 3.